The number of benzene rings is 2. The molecular formula is C41H50F2N2O4. The Kier molecular flexibility index (Phi) is 8.26. The van der Waals surface area contributed by atoms with Crippen molar-refractivity contribution < 1.29 is 28.6 Å². The van der Waals surface area contributed by atoms with E-state index in [1.54, 1.807) is 4.90 Å². The minimum absolute atomic E-state index is 0.0638. The second-order valence-electron chi connectivity index (χ2n) is 16.3. The fourth-order valence-electron chi connectivity index (χ4n) is 11.3. The van der Waals surface area contributed by atoms with E-state index >= 15 is 0 Å². The highest BCUT2D eigenvalue weighted by atomic mass is 19.2. The largest absolute Gasteiger partial charge is 0.393 e. The highest BCUT2D eigenvalue weighted by Crippen LogP contribution is 2.78. The molecule has 0 saturated heterocycles. The van der Waals surface area contributed by atoms with E-state index in [4.69, 9.17) is 0 Å². The second-order valence-corrected chi connectivity index (χ2v) is 16.3. The van der Waals surface area contributed by atoms with Crippen LogP contribution in [-0.4, -0.2) is 51.7 Å². The van der Waals surface area contributed by atoms with Gasteiger partial charge in [0, 0.05) is 33.9 Å². The number of amides is 2. The van der Waals surface area contributed by atoms with E-state index < -0.39 is 39.6 Å². The fourth-order valence-corrected chi connectivity index (χ4v) is 11.3. The van der Waals surface area contributed by atoms with Crippen molar-refractivity contribution in [3.8, 4) is 0 Å². The van der Waals surface area contributed by atoms with E-state index in [0.717, 1.165) is 43.4 Å². The fraction of sp³-hybridized carbons (Fsp3) is 0.561. The number of hydrogen-bond donors (Lipinski definition) is 3. The normalized spacial score (nSPS) is 37.8. The van der Waals surface area contributed by atoms with Crippen LogP contribution in [0.1, 0.15) is 101 Å². The molecule has 9 atom stereocenters. The summed E-state index contributed by atoms with van der Waals surface area (Å²) in [6.45, 7) is 9.10. The number of fused-ring (bicyclic) bond motifs is 1. The molecule has 8 rings (SSSR count). The Bertz CT molecular complexity index is 1710. The van der Waals surface area contributed by atoms with Crippen LogP contribution < -0.4 is 5.32 Å². The third-order valence-electron chi connectivity index (χ3n) is 14.0. The topological polar surface area (TPSA) is 89.9 Å². The van der Waals surface area contributed by atoms with E-state index in [0.29, 0.717) is 37.8 Å². The molecule has 2 amide bonds. The Hall–Kier alpha value is -3.36. The number of aliphatic hydroxyl groups is 2. The number of ketones is 1. The Balaban J connectivity index is 1.27. The smallest absolute Gasteiger partial charge is 0.317 e. The Morgan fingerprint density at radius 1 is 0.959 bits per heavy atom. The van der Waals surface area contributed by atoms with Crippen molar-refractivity contribution >= 4 is 11.8 Å². The van der Waals surface area contributed by atoms with Gasteiger partial charge in [0.25, 0.3) is 0 Å². The molecule has 2 spiro atoms. The van der Waals surface area contributed by atoms with Gasteiger partial charge < -0.3 is 20.4 Å². The van der Waals surface area contributed by atoms with Crippen molar-refractivity contribution in [2.45, 2.75) is 96.8 Å². The number of nitrogens with one attached hydrogen (secondary N) is 1. The standard InChI is InChI=1S/C41H50F2N2O4/c1-5-21-45(36(48)44-26(2)27-9-7-6-8-10-27)25-40(49)18-15-34-38(40,4)17-14-33-37(3)16-13-29(46)23-39(37)19-20-41(33,34)30(24-39)35(47)28-11-12-31(42)32(43)22-28/h6-12,19-20,22,24,26,29,33-34,46,49H,5,13-18,21,23,25H2,1-4H3,(H,44,48)/t26-,29?,33-,34-,37-,38+,39+,40-,41-/m1/s1. The molecule has 0 aromatic heterocycles. The van der Waals surface area contributed by atoms with Gasteiger partial charge in [0.2, 0.25) is 0 Å². The first-order valence-corrected chi connectivity index (χ1v) is 18.2. The molecule has 8 heteroatoms. The lowest BCUT2D eigenvalue weighted by molar-refractivity contribution is -0.174. The van der Waals surface area contributed by atoms with E-state index in [1.165, 1.54) is 6.07 Å². The number of rotatable bonds is 8. The molecule has 262 valence electrons. The molecule has 0 radical (unpaired) electrons. The summed E-state index contributed by atoms with van der Waals surface area (Å²) in [5, 5.41) is 26.9. The average molecular weight is 673 g/mol. The summed E-state index contributed by atoms with van der Waals surface area (Å²) in [6.07, 6.45) is 11.4. The molecule has 0 heterocycles. The van der Waals surface area contributed by atoms with Crippen LogP contribution in [0.25, 0.3) is 0 Å². The van der Waals surface area contributed by atoms with Crippen molar-refractivity contribution in [2.24, 2.45) is 33.5 Å². The van der Waals surface area contributed by atoms with Gasteiger partial charge >= 0.3 is 6.03 Å². The van der Waals surface area contributed by atoms with Crippen LogP contribution in [0.3, 0.4) is 0 Å². The van der Waals surface area contributed by atoms with Gasteiger partial charge in [-0.25, -0.2) is 13.6 Å². The minimum Gasteiger partial charge on any atom is -0.393 e. The maximum absolute atomic E-state index is 14.6. The molecule has 3 saturated carbocycles. The number of carbonyl (C=O) groups excluding carboxylic acids is 2. The van der Waals surface area contributed by atoms with Crippen LogP contribution in [0.2, 0.25) is 0 Å². The lowest BCUT2D eigenvalue weighted by atomic mass is 9.32. The third kappa shape index (κ3) is 4.90. The number of urea groups is 1. The van der Waals surface area contributed by atoms with Crippen LogP contribution in [0.15, 0.2) is 72.3 Å². The summed E-state index contributed by atoms with van der Waals surface area (Å²) in [6, 6.07) is 12.8. The van der Waals surface area contributed by atoms with Gasteiger partial charge in [-0.15, -0.1) is 0 Å². The minimum atomic E-state index is -1.21. The quantitative estimate of drug-likeness (QED) is 0.196. The summed E-state index contributed by atoms with van der Waals surface area (Å²) in [4.78, 5) is 30.2. The summed E-state index contributed by atoms with van der Waals surface area (Å²) >= 11 is 0. The van der Waals surface area contributed by atoms with Gasteiger partial charge in [0.1, 0.15) is 0 Å². The van der Waals surface area contributed by atoms with E-state index in [-0.39, 0.29) is 47.2 Å². The predicted molar refractivity (Wildman–Crippen MR) is 184 cm³/mol. The zero-order chi connectivity index (χ0) is 35.0. The monoisotopic (exact) mass is 672 g/mol. The number of carbonyl (C=O) groups is 2. The lowest BCUT2D eigenvalue weighted by Crippen LogP contribution is -2.67. The van der Waals surface area contributed by atoms with Crippen molar-refractivity contribution in [1.82, 2.24) is 10.2 Å². The Morgan fingerprint density at radius 3 is 2.37 bits per heavy atom. The van der Waals surface area contributed by atoms with Crippen LogP contribution in [0.4, 0.5) is 13.6 Å². The van der Waals surface area contributed by atoms with Gasteiger partial charge in [-0.2, -0.15) is 0 Å². The third-order valence-corrected chi connectivity index (χ3v) is 14.0. The van der Waals surface area contributed by atoms with Crippen molar-refractivity contribution in [3.05, 3.63) is 95.1 Å². The zero-order valence-corrected chi connectivity index (χ0v) is 29.1. The van der Waals surface area contributed by atoms with Gasteiger partial charge in [-0.3, -0.25) is 4.79 Å². The molecule has 2 aromatic rings. The highest BCUT2D eigenvalue weighted by molar-refractivity contribution is 6.10. The van der Waals surface area contributed by atoms with Crippen LogP contribution in [0.5, 0.6) is 0 Å². The zero-order valence-electron chi connectivity index (χ0n) is 29.1. The van der Waals surface area contributed by atoms with Crippen LogP contribution >= 0.6 is 0 Å². The Labute approximate surface area is 288 Å². The molecule has 2 aromatic carbocycles. The van der Waals surface area contributed by atoms with Gasteiger partial charge in [-0.05, 0) is 99.3 Å². The number of hydrogen-bond acceptors (Lipinski definition) is 4. The van der Waals surface area contributed by atoms with Crippen LogP contribution in [-0.2, 0) is 0 Å². The molecule has 6 aliphatic rings. The molecule has 1 unspecified atom stereocenters. The number of nitrogens with zero attached hydrogens (tertiary/aromatic N) is 1. The first kappa shape index (κ1) is 34.1. The Morgan fingerprint density at radius 2 is 1.65 bits per heavy atom. The summed E-state index contributed by atoms with van der Waals surface area (Å²) in [5.74, 6) is -2.45. The average Bonchev–Trinajstić information content (AvgIpc) is 3.35. The summed E-state index contributed by atoms with van der Waals surface area (Å²) in [5.41, 5.74) is -1.65. The van der Waals surface area contributed by atoms with Crippen molar-refractivity contribution in [3.63, 3.8) is 0 Å². The first-order chi connectivity index (χ1) is 23.2. The summed E-state index contributed by atoms with van der Waals surface area (Å²) in [7, 11) is 0. The number of aliphatic hydroxyl groups excluding tert-OH is 1. The van der Waals surface area contributed by atoms with Crippen LogP contribution in [0, 0.1) is 45.1 Å². The lowest BCUT2D eigenvalue weighted by Gasteiger charge is -2.71. The molecule has 3 fully saturated rings. The molecule has 2 bridgehead atoms. The molecule has 6 nitrogen and oxygen atoms in total. The maximum Gasteiger partial charge on any atom is 0.317 e. The SMILES string of the molecule is CCCN(C[C@]1(O)CC[C@H]2[C@]34C=C[C@@]5(C=C3C(=O)c3ccc(F)c(F)c3)CC(O)CC[C@]5(C)[C@H]4CC[C@@]21C)C(=O)N[C@H](C)c1ccccc1. The van der Waals surface area contributed by atoms with Gasteiger partial charge in [0.15, 0.2) is 17.4 Å². The van der Waals surface area contributed by atoms with E-state index in [1.807, 2.05) is 44.2 Å². The van der Waals surface area contributed by atoms with Crippen molar-refractivity contribution in [2.75, 3.05) is 13.1 Å². The molecule has 0 aliphatic heterocycles. The van der Waals surface area contributed by atoms with Gasteiger partial charge in [0.05, 0.1) is 24.3 Å². The number of halogens is 2. The van der Waals surface area contributed by atoms with Crippen molar-refractivity contribution in [1.29, 1.82) is 0 Å². The molecular weight excluding hydrogens is 622 g/mol. The number of Topliss-reactive ketones (excluding diaryl/α,β-unsaturated/α-hetero) is 1. The number of allylic oxidation sites excluding steroid dienone is 4. The predicted octanol–water partition coefficient (Wildman–Crippen LogP) is 7.92. The molecule has 3 N–H and O–H groups in total. The molecule has 6 aliphatic carbocycles. The highest BCUT2D eigenvalue weighted by Gasteiger charge is 2.74. The summed E-state index contributed by atoms with van der Waals surface area (Å²) < 4.78 is 28.6. The van der Waals surface area contributed by atoms with E-state index in [9.17, 15) is 28.6 Å². The second kappa shape index (κ2) is 11.9. The van der Waals surface area contributed by atoms with Gasteiger partial charge in [-0.1, -0.05) is 69.3 Å². The van der Waals surface area contributed by atoms with E-state index in [2.05, 4.69) is 37.4 Å². The first-order valence-electron chi connectivity index (χ1n) is 18.2. The molecule has 49 heavy (non-hydrogen) atoms. The maximum atomic E-state index is 14.6.